The lowest BCUT2D eigenvalue weighted by molar-refractivity contribution is -0.145. The number of ether oxygens (including phenoxy) is 1. The summed E-state index contributed by atoms with van der Waals surface area (Å²) in [7, 11) is 1.72. The van der Waals surface area contributed by atoms with Crippen LogP contribution in [0.2, 0.25) is 0 Å². The largest absolute Gasteiger partial charge is 0.451 e. The van der Waals surface area contributed by atoms with Crippen LogP contribution in [-0.2, 0) is 10.9 Å². The molecule has 0 spiro atoms. The van der Waals surface area contributed by atoms with Crippen LogP contribution in [0.4, 0.5) is 27.8 Å². The number of anilines is 1. The number of carbonyl (C=O) groups is 1. The highest BCUT2D eigenvalue weighted by Gasteiger charge is 2.38. The van der Waals surface area contributed by atoms with Crippen molar-refractivity contribution in [1.82, 2.24) is 19.9 Å². The van der Waals surface area contributed by atoms with Crippen molar-refractivity contribution in [2.24, 2.45) is 0 Å². The SMILES string of the molecule is COC1CCN(c2ccc3c(C(=O)CCC(c4cnc(C(F)(F)F)nc4)N4CCC(F)(F)CC4)cccc3n2)CC1. The predicted molar refractivity (Wildman–Crippen MR) is 143 cm³/mol. The molecule has 0 bridgehead atoms. The summed E-state index contributed by atoms with van der Waals surface area (Å²) < 4.78 is 72.2. The molecule has 220 valence electrons. The fourth-order valence-electron chi connectivity index (χ4n) is 5.67. The van der Waals surface area contributed by atoms with E-state index in [0.29, 0.717) is 22.0 Å². The summed E-state index contributed by atoms with van der Waals surface area (Å²) in [5.74, 6) is -3.39. The first-order valence-electron chi connectivity index (χ1n) is 13.8. The first-order valence-corrected chi connectivity index (χ1v) is 13.8. The van der Waals surface area contributed by atoms with Crippen molar-refractivity contribution in [3.05, 3.63) is 59.7 Å². The van der Waals surface area contributed by atoms with Gasteiger partial charge in [0.2, 0.25) is 5.82 Å². The third-order valence-corrected chi connectivity index (χ3v) is 8.04. The number of rotatable bonds is 8. The lowest BCUT2D eigenvalue weighted by Gasteiger charge is -2.37. The second kappa shape index (κ2) is 11.9. The molecule has 41 heavy (non-hydrogen) atoms. The summed E-state index contributed by atoms with van der Waals surface area (Å²) in [5, 5.41) is 0.708. The number of nitrogens with zero attached hydrogens (tertiary/aromatic N) is 5. The number of carbonyl (C=O) groups excluding carboxylic acids is 1. The standard InChI is InChI=1S/C29H32F5N5O2/c1-41-20-9-13-39(14-10-20)26-8-5-21-22(3-2-4-23(21)37-26)25(40)7-6-24(38-15-11-28(30,31)12-16-38)19-17-35-27(36-18-19)29(32,33)34/h2-5,8,17-18,20,24H,6-7,9-16H2,1H3. The fraction of sp³-hybridized carbons (Fsp3) is 0.517. The van der Waals surface area contributed by atoms with E-state index in [1.54, 1.807) is 24.1 Å². The number of alkyl halides is 5. The fourth-order valence-corrected chi connectivity index (χ4v) is 5.67. The van der Waals surface area contributed by atoms with E-state index in [9.17, 15) is 26.7 Å². The molecule has 0 amide bonds. The van der Waals surface area contributed by atoms with Crippen LogP contribution in [0.3, 0.4) is 0 Å². The second-order valence-electron chi connectivity index (χ2n) is 10.7. The Balaban J connectivity index is 1.33. The summed E-state index contributed by atoms with van der Waals surface area (Å²) in [6.45, 7) is 1.76. The van der Waals surface area contributed by atoms with Crippen LogP contribution < -0.4 is 4.90 Å². The van der Waals surface area contributed by atoms with Crippen LogP contribution in [0.25, 0.3) is 10.9 Å². The average Bonchev–Trinajstić information content (AvgIpc) is 2.97. The van der Waals surface area contributed by atoms with E-state index in [0.717, 1.165) is 44.1 Å². The molecule has 1 unspecified atom stereocenters. The molecule has 7 nitrogen and oxygen atoms in total. The van der Waals surface area contributed by atoms with Crippen LogP contribution in [0.1, 0.15) is 66.3 Å². The number of Topliss-reactive ketones (excluding diaryl/α,β-unsaturated/α-hetero) is 1. The van der Waals surface area contributed by atoms with Crippen molar-refractivity contribution in [1.29, 1.82) is 0 Å². The van der Waals surface area contributed by atoms with Crippen LogP contribution in [0.5, 0.6) is 0 Å². The molecular weight excluding hydrogens is 545 g/mol. The van der Waals surface area contributed by atoms with Gasteiger partial charge in [-0.2, -0.15) is 13.2 Å². The first kappa shape index (κ1) is 29.2. The Kier molecular flexibility index (Phi) is 8.51. The van der Waals surface area contributed by atoms with Gasteiger partial charge in [0.25, 0.3) is 5.92 Å². The van der Waals surface area contributed by atoms with E-state index >= 15 is 0 Å². The maximum atomic E-state index is 13.8. The number of ketones is 1. The molecule has 0 aliphatic carbocycles. The minimum atomic E-state index is -4.69. The van der Waals surface area contributed by atoms with Gasteiger partial charge in [-0.25, -0.2) is 23.7 Å². The third kappa shape index (κ3) is 6.81. The molecule has 2 fully saturated rings. The number of aromatic nitrogens is 3. The van der Waals surface area contributed by atoms with Gasteiger partial charge in [0.1, 0.15) is 5.82 Å². The zero-order valence-electron chi connectivity index (χ0n) is 22.7. The molecule has 0 radical (unpaired) electrons. The number of hydrogen-bond donors (Lipinski definition) is 0. The minimum absolute atomic E-state index is 0.0511. The molecule has 1 atom stereocenters. The van der Waals surface area contributed by atoms with Gasteiger partial charge in [-0.1, -0.05) is 12.1 Å². The Bertz CT molecular complexity index is 1350. The first-order chi connectivity index (χ1) is 19.5. The molecule has 12 heteroatoms. The summed E-state index contributed by atoms with van der Waals surface area (Å²) in [5.41, 5.74) is 1.54. The molecule has 2 saturated heterocycles. The van der Waals surface area contributed by atoms with Crippen molar-refractivity contribution in [2.45, 2.75) is 62.8 Å². The van der Waals surface area contributed by atoms with E-state index in [-0.39, 0.29) is 50.7 Å². The normalized spacial score (nSPS) is 19.4. The summed E-state index contributed by atoms with van der Waals surface area (Å²) in [6, 6.07) is 8.58. The highest BCUT2D eigenvalue weighted by molar-refractivity contribution is 6.07. The number of benzene rings is 1. The van der Waals surface area contributed by atoms with Gasteiger partial charge in [-0.3, -0.25) is 9.69 Å². The van der Waals surface area contributed by atoms with Crippen molar-refractivity contribution >= 4 is 22.5 Å². The van der Waals surface area contributed by atoms with Crippen LogP contribution in [0.15, 0.2) is 42.7 Å². The lowest BCUT2D eigenvalue weighted by atomic mass is 9.94. The molecule has 2 aliphatic heterocycles. The van der Waals surface area contributed by atoms with Crippen molar-refractivity contribution < 1.29 is 31.5 Å². The Morgan fingerprint density at radius 1 is 1.05 bits per heavy atom. The smallest absolute Gasteiger partial charge is 0.381 e. The van der Waals surface area contributed by atoms with E-state index in [1.165, 1.54) is 0 Å². The highest BCUT2D eigenvalue weighted by atomic mass is 19.4. The Hall–Kier alpha value is -3.25. The molecule has 3 aromatic rings. The average molecular weight is 578 g/mol. The van der Waals surface area contributed by atoms with E-state index in [4.69, 9.17) is 9.72 Å². The summed E-state index contributed by atoms with van der Waals surface area (Å²) in [6.07, 6.45) is -0.913. The number of likely N-dealkylation sites (tertiary alicyclic amines) is 1. The molecule has 5 rings (SSSR count). The lowest BCUT2D eigenvalue weighted by Crippen LogP contribution is -2.41. The number of fused-ring (bicyclic) bond motifs is 1. The van der Waals surface area contributed by atoms with Gasteiger partial charge >= 0.3 is 6.18 Å². The topological polar surface area (TPSA) is 71.5 Å². The monoisotopic (exact) mass is 577 g/mol. The van der Waals surface area contributed by atoms with Gasteiger partial charge in [0, 0.05) is 87.5 Å². The number of piperidine rings is 2. The molecule has 0 N–H and O–H groups in total. The van der Waals surface area contributed by atoms with Gasteiger partial charge in [-0.05, 0) is 37.5 Å². The minimum Gasteiger partial charge on any atom is -0.381 e. The maximum absolute atomic E-state index is 13.8. The molecule has 4 heterocycles. The van der Waals surface area contributed by atoms with Crippen molar-refractivity contribution in [3.8, 4) is 0 Å². The highest BCUT2D eigenvalue weighted by Crippen LogP contribution is 2.35. The maximum Gasteiger partial charge on any atom is 0.451 e. The quantitative estimate of drug-likeness (QED) is 0.237. The van der Waals surface area contributed by atoms with Gasteiger partial charge < -0.3 is 9.64 Å². The van der Waals surface area contributed by atoms with Crippen LogP contribution in [0, 0.1) is 0 Å². The van der Waals surface area contributed by atoms with E-state index in [1.807, 2.05) is 18.2 Å². The van der Waals surface area contributed by atoms with Gasteiger partial charge in [0.05, 0.1) is 11.6 Å². The van der Waals surface area contributed by atoms with Crippen LogP contribution in [-0.4, -0.2) is 71.0 Å². The summed E-state index contributed by atoms with van der Waals surface area (Å²) >= 11 is 0. The van der Waals surface area contributed by atoms with Gasteiger partial charge in [0.15, 0.2) is 5.78 Å². The zero-order chi connectivity index (χ0) is 29.2. The summed E-state index contributed by atoms with van der Waals surface area (Å²) in [4.78, 5) is 29.1. The van der Waals surface area contributed by atoms with Crippen molar-refractivity contribution in [2.75, 3.05) is 38.2 Å². The number of hydrogen-bond acceptors (Lipinski definition) is 7. The Morgan fingerprint density at radius 2 is 1.73 bits per heavy atom. The Morgan fingerprint density at radius 3 is 2.37 bits per heavy atom. The number of halogens is 5. The molecular formula is C29H32F5N5O2. The van der Waals surface area contributed by atoms with Crippen LogP contribution >= 0.6 is 0 Å². The van der Waals surface area contributed by atoms with Gasteiger partial charge in [-0.15, -0.1) is 0 Å². The second-order valence-corrected chi connectivity index (χ2v) is 10.7. The number of methoxy groups -OCH3 is 1. The molecule has 1 aromatic carbocycles. The van der Waals surface area contributed by atoms with Crippen molar-refractivity contribution in [3.63, 3.8) is 0 Å². The molecule has 2 aromatic heterocycles. The third-order valence-electron chi connectivity index (χ3n) is 8.04. The van der Waals surface area contributed by atoms with E-state index < -0.39 is 24.0 Å². The number of pyridine rings is 1. The molecule has 0 saturated carbocycles. The predicted octanol–water partition coefficient (Wildman–Crippen LogP) is 6.09. The Labute approximate surface area is 234 Å². The zero-order valence-corrected chi connectivity index (χ0v) is 22.7. The van der Waals surface area contributed by atoms with E-state index in [2.05, 4.69) is 14.9 Å². The molecule has 2 aliphatic rings.